The molecule has 5 nitrogen and oxygen atoms in total. The molecule has 2 aromatic heterocycles. The lowest BCUT2D eigenvalue weighted by atomic mass is 10.1. The van der Waals surface area contributed by atoms with E-state index in [1.807, 2.05) is 29.0 Å². The zero-order chi connectivity index (χ0) is 16.0. The van der Waals surface area contributed by atoms with E-state index in [1.165, 1.54) is 25.7 Å². The number of hydrogen-bond donors (Lipinski definition) is 2. The molecule has 2 fully saturated rings. The van der Waals surface area contributed by atoms with Crippen LogP contribution >= 0.6 is 23.6 Å². The summed E-state index contributed by atoms with van der Waals surface area (Å²) in [7, 11) is 0. The highest BCUT2D eigenvalue weighted by Gasteiger charge is 2.42. The van der Waals surface area contributed by atoms with Crippen LogP contribution in [0.1, 0.15) is 38.6 Å². The molecule has 2 aliphatic rings. The van der Waals surface area contributed by atoms with E-state index >= 15 is 0 Å². The molecule has 7 heteroatoms. The number of nitrogens with zero attached hydrogens (tertiary/aromatic N) is 2. The molecule has 2 heterocycles. The van der Waals surface area contributed by atoms with E-state index in [4.69, 9.17) is 12.2 Å². The van der Waals surface area contributed by atoms with Crippen LogP contribution in [0.2, 0.25) is 0 Å². The quantitative estimate of drug-likeness (QED) is 0.785. The van der Waals surface area contributed by atoms with Crippen LogP contribution in [-0.2, 0) is 4.79 Å². The molecule has 2 N–H and O–H groups in total. The number of nitrogens with one attached hydrogen (secondary N) is 2. The van der Waals surface area contributed by atoms with Crippen LogP contribution in [0.5, 0.6) is 0 Å². The molecule has 1 atom stereocenters. The Labute approximate surface area is 144 Å². The van der Waals surface area contributed by atoms with Crippen molar-refractivity contribution < 1.29 is 4.79 Å². The van der Waals surface area contributed by atoms with Crippen molar-refractivity contribution in [2.75, 3.05) is 0 Å². The second kappa shape index (κ2) is 5.87. The van der Waals surface area contributed by atoms with E-state index in [0.29, 0.717) is 22.6 Å². The fourth-order valence-electron chi connectivity index (χ4n) is 3.18. The van der Waals surface area contributed by atoms with Crippen LogP contribution in [-0.4, -0.2) is 26.7 Å². The molecule has 4 rings (SSSR count). The molecule has 2 aromatic rings. The fourth-order valence-corrected chi connectivity index (χ4v) is 4.18. The zero-order valence-corrected chi connectivity index (χ0v) is 14.6. The normalized spacial score (nSPS) is 19.0. The molecule has 1 unspecified atom stereocenters. The molecule has 122 valence electrons. The predicted molar refractivity (Wildman–Crippen MR) is 92.8 cm³/mol. The van der Waals surface area contributed by atoms with E-state index in [0.717, 1.165) is 10.7 Å². The molecule has 2 saturated carbocycles. The Hall–Kier alpha value is -1.47. The summed E-state index contributed by atoms with van der Waals surface area (Å²) < 4.78 is 2.32. The second-order valence-electron chi connectivity index (χ2n) is 6.58. The first-order chi connectivity index (χ1) is 11.1. The van der Waals surface area contributed by atoms with E-state index < -0.39 is 0 Å². The van der Waals surface area contributed by atoms with Gasteiger partial charge in [-0.25, -0.2) is 0 Å². The van der Waals surface area contributed by atoms with Gasteiger partial charge in [-0.05, 0) is 68.1 Å². The fraction of sp³-hybridized carbons (Fsp3) is 0.562. The highest BCUT2D eigenvalue weighted by molar-refractivity contribution is 7.71. The zero-order valence-electron chi connectivity index (χ0n) is 13.0. The summed E-state index contributed by atoms with van der Waals surface area (Å²) in [5.41, 5.74) is 0. The highest BCUT2D eigenvalue weighted by Crippen LogP contribution is 2.44. The van der Waals surface area contributed by atoms with Crippen LogP contribution in [0.3, 0.4) is 0 Å². The van der Waals surface area contributed by atoms with Crippen LogP contribution in [0.15, 0.2) is 17.5 Å². The van der Waals surface area contributed by atoms with Crippen LogP contribution in [0.4, 0.5) is 0 Å². The van der Waals surface area contributed by atoms with Gasteiger partial charge in [0.2, 0.25) is 5.91 Å². The average Bonchev–Trinajstić information content (AvgIpc) is 3.46. The van der Waals surface area contributed by atoms with Crippen molar-refractivity contribution in [3.63, 3.8) is 0 Å². The molecule has 0 aromatic carbocycles. The Morgan fingerprint density at radius 2 is 2.13 bits per heavy atom. The molecule has 0 saturated heterocycles. The number of rotatable bonds is 6. The third-order valence-electron chi connectivity index (χ3n) is 4.78. The van der Waals surface area contributed by atoms with Crippen LogP contribution in [0, 0.1) is 16.6 Å². The van der Waals surface area contributed by atoms with Crippen molar-refractivity contribution in [2.24, 2.45) is 11.8 Å². The monoisotopic (exact) mass is 348 g/mol. The first-order valence-corrected chi connectivity index (χ1v) is 9.45. The van der Waals surface area contributed by atoms with Crippen molar-refractivity contribution in [3.8, 4) is 10.7 Å². The minimum Gasteiger partial charge on any atom is -0.351 e. The summed E-state index contributed by atoms with van der Waals surface area (Å²) >= 11 is 6.95. The molecule has 0 spiro atoms. The van der Waals surface area contributed by atoms with Gasteiger partial charge in [0.25, 0.3) is 0 Å². The van der Waals surface area contributed by atoms with E-state index in [9.17, 15) is 4.79 Å². The van der Waals surface area contributed by atoms with Gasteiger partial charge in [-0.1, -0.05) is 6.07 Å². The molecule has 0 radical (unpaired) electrons. The van der Waals surface area contributed by atoms with Crippen molar-refractivity contribution >= 4 is 29.5 Å². The number of amides is 1. The smallest absolute Gasteiger partial charge is 0.243 e. The minimum atomic E-state index is -0.363. The Morgan fingerprint density at radius 1 is 1.43 bits per heavy atom. The van der Waals surface area contributed by atoms with Gasteiger partial charge in [-0.3, -0.25) is 14.5 Å². The largest absolute Gasteiger partial charge is 0.351 e. The van der Waals surface area contributed by atoms with Crippen molar-refractivity contribution in [1.82, 2.24) is 20.1 Å². The standard InChI is InChI=1S/C16H20N4OS2/c1-9(15(21)17-13(10-4-5-10)11-6-7-11)20-14(18-19-16(20)22)12-3-2-8-23-12/h2-3,8-11,13H,4-7H2,1H3,(H,17,21)(H,19,22). The van der Waals surface area contributed by atoms with Gasteiger partial charge in [-0.15, -0.1) is 11.3 Å². The maximum Gasteiger partial charge on any atom is 0.243 e. The van der Waals surface area contributed by atoms with E-state index in [-0.39, 0.29) is 11.9 Å². The molecular weight excluding hydrogens is 328 g/mol. The summed E-state index contributed by atoms with van der Waals surface area (Å²) in [5.74, 6) is 2.16. The Morgan fingerprint density at radius 3 is 2.70 bits per heavy atom. The Kier molecular flexibility index (Phi) is 3.85. The summed E-state index contributed by atoms with van der Waals surface area (Å²) in [5, 5.41) is 12.4. The lowest BCUT2D eigenvalue weighted by molar-refractivity contribution is -0.124. The second-order valence-corrected chi connectivity index (χ2v) is 7.92. The minimum absolute atomic E-state index is 0.0455. The molecular formula is C16H20N4OS2. The first-order valence-electron chi connectivity index (χ1n) is 8.16. The molecule has 2 aliphatic carbocycles. The van der Waals surface area contributed by atoms with Crippen molar-refractivity contribution in [1.29, 1.82) is 0 Å². The topological polar surface area (TPSA) is 62.7 Å². The Balaban J connectivity index is 1.56. The van der Waals surface area contributed by atoms with Gasteiger partial charge in [0, 0.05) is 6.04 Å². The maximum atomic E-state index is 12.8. The van der Waals surface area contributed by atoms with Crippen LogP contribution in [0.25, 0.3) is 10.7 Å². The summed E-state index contributed by atoms with van der Waals surface area (Å²) in [4.78, 5) is 13.8. The first kappa shape index (κ1) is 15.1. The average molecular weight is 348 g/mol. The number of hydrogen-bond acceptors (Lipinski definition) is 4. The van der Waals surface area contributed by atoms with E-state index in [2.05, 4.69) is 15.5 Å². The summed E-state index contributed by atoms with van der Waals surface area (Å²) in [6, 6.07) is 3.96. The maximum absolute atomic E-state index is 12.8. The molecule has 0 bridgehead atoms. The van der Waals surface area contributed by atoms with Gasteiger partial charge < -0.3 is 5.32 Å². The Bertz CT molecular complexity index is 743. The number of H-pyrrole nitrogens is 1. The highest BCUT2D eigenvalue weighted by atomic mass is 32.1. The number of aromatic nitrogens is 3. The predicted octanol–water partition coefficient (Wildman–Crippen LogP) is 3.53. The van der Waals surface area contributed by atoms with Gasteiger partial charge in [0.1, 0.15) is 6.04 Å². The van der Waals surface area contributed by atoms with Gasteiger partial charge >= 0.3 is 0 Å². The molecule has 1 amide bonds. The van der Waals surface area contributed by atoms with Gasteiger partial charge in [0.05, 0.1) is 4.88 Å². The summed E-state index contributed by atoms with van der Waals surface area (Å²) in [6.07, 6.45) is 5.01. The molecule has 0 aliphatic heterocycles. The lowest BCUT2D eigenvalue weighted by Crippen LogP contribution is -2.41. The number of thiophene rings is 1. The van der Waals surface area contributed by atoms with Crippen molar-refractivity contribution in [3.05, 3.63) is 22.3 Å². The van der Waals surface area contributed by atoms with Gasteiger partial charge in [0.15, 0.2) is 10.6 Å². The van der Waals surface area contributed by atoms with E-state index in [1.54, 1.807) is 11.3 Å². The number of carbonyl (C=O) groups is 1. The third kappa shape index (κ3) is 2.99. The van der Waals surface area contributed by atoms with Crippen molar-refractivity contribution in [2.45, 2.75) is 44.7 Å². The number of carbonyl (C=O) groups excluding carboxylic acids is 1. The summed E-state index contributed by atoms with van der Waals surface area (Å²) in [6.45, 7) is 1.90. The third-order valence-corrected chi connectivity index (χ3v) is 5.94. The van der Waals surface area contributed by atoms with Gasteiger partial charge in [-0.2, -0.15) is 5.10 Å². The molecule has 23 heavy (non-hydrogen) atoms. The number of aromatic amines is 1. The van der Waals surface area contributed by atoms with Crippen LogP contribution < -0.4 is 5.32 Å². The SMILES string of the molecule is CC(C(=O)NC(C1CC1)C1CC1)n1c(-c2cccs2)n[nH]c1=S. The lowest BCUT2D eigenvalue weighted by Gasteiger charge is -2.21.